The molecule has 1 aliphatic rings. The number of hydrogen-bond donors (Lipinski definition) is 0. The van der Waals surface area contributed by atoms with Crippen LogP contribution in [0.3, 0.4) is 0 Å². The Bertz CT molecular complexity index is 4520. The van der Waals surface area contributed by atoms with Gasteiger partial charge in [-0.2, -0.15) is 9.97 Å². The van der Waals surface area contributed by atoms with Gasteiger partial charge in [0.1, 0.15) is 0 Å². The van der Waals surface area contributed by atoms with Gasteiger partial charge in [-0.25, -0.2) is 4.98 Å². The second kappa shape index (κ2) is 14.9. The van der Waals surface area contributed by atoms with E-state index in [1.165, 1.54) is 70.9 Å². The average molecular weight is 906 g/mol. The van der Waals surface area contributed by atoms with Gasteiger partial charge in [0, 0.05) is 43.7 Å². The summed E-state index contributed by atoms with van der Waals surface area (Å²) >= 11 is 0. The van der Waals surface area contributed by atoms with Crippen molar-refractivity contribution < 1.29 is 0 Å². The highest BCUT2D eigenvalue weighted by Gasteiger charge is 2.35. The monoisotopic (exact) mass is 905 g/mol. The number of hydrogen-bond acceptors (Lipinski definition) is 3. The summed E-state index contributed by atoms with van der Waals surface area (Å²) < 4.78 is 4.71. The van der Waals surface area contributed by atoms with Gasteiger partial charge < -0.3 is 4.57 Å². The van der Waals surface area contributed by atoms with E-state index in [4.69, 9.17) is 15.0 Å². The molecule has 0 saturated carbocycles. The molecule has 5 nitrogen and oxygen atoms in total. The molecule has 1 aliphatic carbocycles. The summed E-state index contributed by atoms with van der Waals surface area (Å²) in [6.07, 6.45) is 0. The predicted octanol–water partition coefficient (Wildman–Crippen LogP) is 16.8. The topological polar surface area (TPSA) is 48.5 Å². The summed E-state index contributed by atoms with van der Waals surface area (Å²) in [5.41, 5.74) is 14.6. The SMILES string of the molecule is CC1(C)c2ccccc2-c2cc(-c3nc(-c4ccccc4)nc(-n4c5ccccc5c5cc6c7ccccc7n(-c7ccccc7-c7ccc8c9ccccc9c9ccccc9c8c7)c6cc54)n3)ccc21. The maximum Gasteiger partial charge on any atom is 0.238 e. The maximum atomic E-state index is 5.45. The van der Waals surface area contributed by atoms with Crippen LogP contribution in [0.5, 0.6) is 0 Å². The van der Waals surface area contributed by atoms with Crippen molar-refractivity contribution in [1.29, 1.82) is 0 Å². The molecule has 0 atom stereocenters. The Labute approximate surface area is 409 Å². The first-order valence-corrected chi connectivity index (χ1v) is 24.4. The molecule has 0 spiro atoms. The predicted molar refractivity (Wildman–Crippen MR) is 295 cm³/mol. The van der Waals surface area contributed by atoms with E-state index in [2.05, 4.69) is 229 Å². The lowest BCUT2D eigenvalue weighted by atomic mass is 9.82. The molecular formula is C66H43N5. The lowest BCUT2D eigenvalue weighted by molar-refractivity contribution is 0.660. The minimum atomic E-state index is -0.110. The molecule has 0 radical (unpaired) electrons. The standard InChI is InChI=1S/C66H43N5/c1-66(2)56-28-14-10-25-49(56)53-37-42(33-35-57(53)66)64-67-63(40-18-4-3-5-19-40)68-65(69-64)71-60-31-17-13-27-51(60)55-38-54-50-26-12-16-30-59(50)70(61(54)39-62(55)71)58-29-15-11-20-43(58)41-32-34-48-46-23-7-6-21-44(46)45-22-8-9-24-47(45)52(48)36-41/h3-39H,1-2H3. The first-order chi connectivity index (χ1) is 35.0. The quantitative estimate of drug-likeness (QED) is 0.162. The minimum Gasteiger partial charge on any atom is -0.309 e. The summed E-state index contributed by atoms with van der Waals surface area (Å²) in [5, 5.41) is 12.2. The molecule has 0 amide bonds. The molecular weight excluding hydrogens is 863 g/mol. The highest BCUT2D eigenvalue weighted by molar-refractivity contribution is 6.26. The van der Waals surface area contributed by atoms with E-state index >= 15 is 0 Å². The Hall–Kier alpha value is -9.19. The van der Waals surface area contributed by atoms with E-state index in [0.717, 1.165) is 55.2 Å². The Balaban J connectivity index is 0.979. The van der Waals surface area contributed by atoms with Crippen LogP contribution in [-0.2, 0) is 5.41 Å². The number of aromatic nitrogens is 5. The van der Waals surface area contributed by atoms with Crippen LogP contribution in [0, 0.1) is 0 Å². The molecule has 332 valence electrons. The molecule has 11 aromatic carbocycles. The molecule has 0 N–H and O–H groups in total. The third-order valence-electron chi connectivity index (χ3n) is 15.4. The van der Waals surface area contributed by atoms with Crippen molar-refractivity contribution in [2.24, 2.45) is 0 Å². The second-order valence-corrected chi connectivity index (χ2v) is 19.5. The third kappa shape index (κ3) is 5.78. The van der Waals surface area contributed by atoms with Crippen LogP contribution in [-0.4, -0.2) is 24.1 Å². The molecule has 71 heavy (non-hydrogen) atoms. The van der Waals surface area contributed by atoms with E-state index < -0.39 is 0 Å². The first-order valence-electron chi connectivity index (χ1n) is 24.4. The van der Waals surface area contributed by atoms with Crippen LogP contribution in [0.2, 0.25) is 0 Å². The van der Waals surface area contributed by atoms with Gasteiger partial charge in [-0.1, -0.05) is 196 Å². The molecule has 0 unspecified atom stereocenters. The normalized spacial score (nSPS) is 13.0. The zero-order valence-electron chi connectivity index (χ0n) is 39.1. The Kier molecular flexibility index (Phi) is 8.35. The van der Waals surface area contributed by atoms with Crippen molar-refractivity contribution in [1.82, 2.24) is 24.1 Å². The van der Waals surface area contributed by atoms with Crippen molar-refractivity contribution in [3.8, 4) is 56.7 Å². The summed E-state index contributed by atoms with van der Waals surface area (Å²) in [4.78, 5) is 16.0. The Morgan fingerprint density at radius 3 is 1.51 bits per heavy atom. The minimum absolute atomic E-state index is 0.110. The van der Waals surface area contributed by atoms with E-state index in [1.807, 2.05) is 18.2 Å². The van der Waals surface area contributed by atoms with Crippen molar-refractivity contribution in [2.45, 2.75) is 19.3 Å². The molecule has 14 aromatic rings. The second-order valence-electron chi connectivity index (χ2n) is 19.5. The molecule has 3 heterocycles. The number of nitrogens with zero attached hydrogens (tertiary/aromatic N) is 5. The van der Waals surface area contributed by atoms with Crippen LogP contribution < -0.4 is 0 Å². The average Bonchev–Trinajstić information content (AvgIpc) is 4.02. The maximum absolute atomic E-state index is 5.45. The number of benzene rings is 11. The van der Waals surface area contributed by atoms with Crippen LogP contribution in [0.4, 0.5) is 0 Å². The number of rotatable bonds is 5. The van der Waals surface area contributed by atoms with Crippen LogP contribution in [0.1, 0.15) is 25.0 Å². The lowest BCUT2D eigenvalue weighted by Gasteiger charge is -2.21. The van der Waals surface area contributed by atoms with E-state index in [1.54, 1.807) is 0 Å². The summed E-state index contributed by atoms with van der Waals surface area (Å²) in [7, 11) is 0. The van der Waals surface area contributed by atoms with Crippen molar-refractivity contribution in [3.63, 3.8) is 0 Å². The molecule has 15 rings (SSSR count). The lowest BCUT2D eigenvalue weighted by Crippen LogP contribution is -2.14. The van der Waals surface area contributed by atoms with Gasteiger partial charge in [0.15, 0.2) is 11.6 Å². The van der Waals surface area contributed by atoms with Gasteiger partial charge in [-0.15, -0.1) is 0 Å². The van der Waals surface area contributed by atoms with Gasteiger partial charge >= 0.3 is 0 Å². The van der Waals surface area contributed by atoms with Gasteiger partial charge in [-0.3, -0.25) is 4.57 Å². The highest BCUT2D eigenvalue weighted by atomic mass is 15.2. The summed E-state index contributed by atoms with van der Waals surface area (Å²) in [6.45, 7) is 4.63. The third-order valence-corrected chi connectivity index (χ3v) is 15.4. The van der Waals surface area contributed by atoms with Gasteiger partial charge in [0.05, 0.1) is 27.8 Å². The zero-order chi connectivity index (χ0) is 47.0. The van der Waals surface area contributed by atoms with Gasteiger partial charge in [-0.05, 0) is 103 Å². The first kappa shape index (κ1) is 39.8. The molecule has 0 bridgehead atoms. The van der Waals surface area contributed by atoms with Crippen molar-refractivity contribution >= 4 is 75.9 Å². The van der Waals surface area contributed by atoms with Crippen molar-refractivity contribution in [2.75, 3.05) is 0 Å². The molecule has 0 saturated heterocycles. The van der Waals surface area contributed by atoms with Crippen LogP contribution in [0.25, 0.3) is 133 Å². The Morgan fingerprint density at radius 2 is 0.803 bits per heavy atom. The van der Waals surface area contributed by atoms with Gasteiger partial charge in [0.25, 0.3) is 0 Å². The van der Waals surface area contributed by atoms with E-state index in [-0.39, 0.29) is 5.41 Å². The fourth-order valence-corrected chi connectivity index (χ4v) is 12.1. The fourth-order valence-electron chi connectivity index (χ4n) is 12.1. The molecule has 0 fully saturated rings. The van der Waals surface area contributed by atoms with E-state index in [0.29, 0.717) is 17.6 Å². The largest absolute Gasteiger partial charge is 0.309 e. The summed E-state index contributed by atoms with van der Waals surface area (Å²) in [6, 6.07) is 81.5. The highest BCUT2D eigenvalue weighted by Crippen LogP contribution is 2.50. The van der Waals surface area contributed by atoms with Crippen LogP contribution >= 0.6 is 0 Å². The molecule has 0 aliphatic heterocycles. The van der Waals surface area contributed by atoms with Crippen molar-refractivity contribution in [3.05, 3.63) is 236 Å². The summed E-state index contributed by atoms with van der Waals surface area (Å²) in [5.74, 6) is 1.82. The van der Waals surface area contributed by atoms with Crippen LogP contribution in [0.15, 0.2) is 224 Å². The Morgan fingerprint density at radius 1 is 0.296 bits per heavy atom. The zero-order valence-corrected chi connectivity index (χ0v) is 39.1. The number of fused-ring (bicyclic) bond motifs is 15. The molecule has 5 heteroatoms. The smallest absolute Gasteiger partial charge is 0.238 e. The number of para-hydroxylation sites is 3. The van der Waals surface area contributed by atoms with Gasteiger partial charge in [0.2, 0.25) is 5.95 Å². The van der Waals surface area contributed by atoms with E-state index in [9.17, 15) is 0 Å². The molecule has 3 aromatic heterocycles. The fraction of sp³-hybridized carbons (Fsp3) is 0.0455.